The first-order valence-electron chi connectivity index (χ1n) is 8.19. The maximum Gasteiger partial charge on any atom is 0.335 e. The fourth-order valence-electron chi connectivity index (χ4n) is 2.76. The van der Waals surface area contributed by atoms with E-state index in [0.29, 0.717) is 24.7 Å². The number of benzene rings is 2. The lowest BCUT2D eigenvalue weighted by atomic mass is 10.1. The summed E-state index contributed by atoms with van der Waals surface area (Å²) in [5.41, 5.74) is 0.927. The molecule has 8 nitrogen and oxygen atoms in total. The Balaban J connectivity index is 1.81. The van der Waals surface area contributed by atoms with Crippen LogP contribution in [0.2, 0.25) is 0 Å². The highest BCUT2D eigenvalue weighted by molar-refractivity contribution is 5.97. The molecule has 0 unspecified atom stereocenters. The molecule has 3 rings (SSSR count). The van der Waals surface area contributed by atoms with Gasteiger partial charge in [0.05, 0.1) is 31.9 Å². The molecule has 0 atom stereocenters. The van der Waals surface area contributed by atoms with E-state index in [4.69, 9.17) is 18.9 Å². The van der Waals surface area contributed by atoms with Gasteiger partial charge < -0.3 is 29.4 Å². The number of carbonyl (C=O) groups is 2. The Labute approximate surface area is 155 Å². The lowest BCUT2D eigenvalue weighted by Crippen LogP contribution is -2.17. The van der Waals surface area contributed by atoms with Crippen molar-refractivity contribution in [2.24, 2.45) is 0 Å². The topological polar surface area (TPSA) is 103 Å². The second-order valence-electron chi connectivity index (χ2n) is 5.77. The molecule has 2 aromatic carbocycles. The van der Waals surface area contributed by atoms with Crippen LogP contribution in [-0.2, 0) is 11.2 Å². The van der Waals surface area contributed by atoms with Crippen molar-refractivity contribution < 1.29 is 33.6 Å². The lowest BCUT2D eigenvalue weighted by molar-refractivity contribution is -0.115. The highest BCUT2D eigenvalue weighted by Crippen LogP contribution is 2.37. The van der Waals surface area contributed by atoms with Crippen molar-refractivity contribution in [3.63, 3.8) is 0 Å². The number of aromatic carboxylic acids is 1. The number of hydrogen-bond donors (Lipinski definition) is 2. The van der Waals surface area contributed by atoms with E-state index >= 15 is 0 Å². The molecule has 1 heterocycles. The van der Waals surface area contributed by atoms with E-state index < -0.39 is 5.97 Å². The predicted molar refractivity (Wildman–Crippen MR) is 96.3 cm³/mol. The standard InChI is InChI=1S/C19H19NO7/c1-24-16-10-12(19(22)23)9-13(18(16)25-2)20-17(21)8-11-3-4-14-15(7-11)27-6-5-26-14/h3-4,7,9-10H,5-6,8H2,1-2H3,(H,20,21)(H,22,23). The van der Waals surface area contributed by atoms with Crippen LogP contribution in [0, 0.1) is 0 Å². The molecule has 0 saturated carbocycles. The number of nitrogens with one attached hydrogen (secondary N) is 1. The summed E-state index contributed by atoms with van der Waals surface area (Å²) >= 11 is 0. The van der Waals surface area contributed by atoms with Crippen LogP contribution in [0.4, 0.5) is 5.69 Å². The number of anilines is 1. The molecule has 0 radical (unpaired) electrons. The van der Waals surface area contributed by atoms with Gasteiger partial charge in [0.25, 0.3) is 0 Å². The van der Waals surface area contributed by atoms with E-state index in [2.05, 4.69) is 5.32 Å². The van der Waals surface area contributed by atoms with Gasteiger partial charge in [-0.25, -0.2) is 4.79 Å². The molecule has 8 heteroatoms. The van der Waals surface area contributed by atoms with Crippen molar-refractivity contribution in [2.45, 2.75) is 6.42 Å². The summed E-state index contributed by atoms with van der Waals surface area (Å²) in [5.74, 6) is 0.225. The number of carboxylic acids is 1. The Morgan fingerprint density at radius 1 is 1.07 bits per heavy atom. The van der Waals surface area contributed by atoms with Crippen LogP contribution < -0.4 is 24.3 Å². The number of amides is 1. The summed E-state index contributed by atoms with van der Waals surface area (Å²) in [6.45, 7) is 0.954. The zero-order valence-electron chi connectivity index (χ0n) is 14.9. The van der Waals surface area contributed by atoms with Crippen molar-refractivity contribution >= 4 is 17.6 Å². The van der Waals surface area contributed by atoms with Gasteiger partial charge in [0, 0.05) is 0 Å². The molecule has 0 fully saturated rings. The van der Waals surface area contributed by atoms with Gasteiger partial charge >= 0.3 is 5.97 Å². The highest BCUT2D eigenvalue weighted by atomic mass is 16.6. The average molecular weight is 373 g/mol. The molecular weight excluding hydrogens is 354 g/mol. The van der Waals surface area contributed by atoms with Gasteiger partial charge in [0.15, 0.2) is 23.0 Å². The van der Waals surface area contributed by atoms with Crippen LogP contribution >= 0.6 is 0 Å². The molecule has 1 aliphatic rings. The van der Waals surface area contributed by atoms with E-state index in [9.17, 15) is 14.7 Å². The minimum Gasteiger partial charge on any atom is -0.493 e. The van der Waals surface area contributed by atoms with Crippen LogP contribution in [0.3, 0.4) is 0 Å². The third-order valence-electron chi connectivity index (χ3n) is 3.97. The van der Waals surface area contributed by atoms with E-state index in [1.807, 2.05) is 0 Å². The summed E-state index contributed by atoms with van der Waals surface area (Å²) in [4.78, 5) is 23.8. The van der Waals surface area contributed by atoms with Crippen LogP contribution in [0.25, 0.3) is 0 Å². The second kappa shape index (κ2) is 7.86. The van der Waals surface area contributed by atoms with E-state index in [1.54, 1.807) is 18.2 Å². The van der Waals surface area contributed by atoms with E-state index in [0.717, 1.165) is 5.56 Å². The molecule has 1 aliphatic heterocycles. The number of fused-ring (bicyclic) bond motifs is 1. The Bertz CT molecular complexity index is 879. The van der Waals surface area contributed by atoms with Crippen LogP contribution in [0.15, 0.2) is 30.3 Å². The zero-order valence-corrected chi connectivity index (χ0v) is 14.9. The molecule has 0 saturated heterocycles. The van der Waals surface area contributed by atoms with Crippen LogP contribution in [0.1, 0.15) is 15.9 Å². The normalized spacial score (nSPS) is 12.2. The van der Waals surface area contributed by atoms with Crippen molar-refractivity contribution in [1.82, 2.24) is 0 Å². The fraction of sp³-hybridized carbons (Fsp3) is 0.263. The van der Waals surface area contributed by atoms with Crippen LogP contribution in [-0.4, -0.2) is 44.4 Å². The smallest absolute Gasteiger partial charge is 0.335 e. The minimum absolute atomic E-state index is 0.0257. The minimum atomic E-state index is -1.14. The van der Waals surface area contributed by atoms with Gasteiger partial charge in [-0.15, -0.1) is 0 Å². The summed E-state index contributed by atoms with van der Waals surface area (Å²) in [7, 11) is 2.80. The first-order valence-corrected chi connectivity index (χ1v) is 8.19. The summed E-state index contributed by atoms with van der Waals surface area (Å²) in [6, 6.07) is 7.94. The number of methoxy groups -OCH3 is 2. The lowest BCUT2D eigenvalue weighted by Gasteiger charge is -2.19. The number of carbonyl (C=O) groups excluding carboxylic acids is 1. The van der Waals surface area contributed by atoms with Crippen molar-refractivity contribution in [3.05, 3.63) is 41.5 Å². The third-order valence-corrected chi connectivity index (χ3v) is 3.97. The first kappa shape index (κ1) is 18.4. The van der Waals surface area contributed by atoms with E-state index in [-0.39, 0.29) is 35.1 Å². The monoisotopic (exact) mass is 373 g/mol. The molecule has 0 bridgehead atoms. The maximum atomic E-state index is 12.5. The molecule has 142 valence electrons. The average Bonchev–Trinajstić information content (AvgIpc) is 2.67. The quantitative estimate of drug-likeness (QED) is 0.801. The summed E-state index contributed by atoms with van der Waals surface area (Å²) < 4.78 is 21.4. The molecule has 1 amide bonds. The Kier molecular flexibility index (Phi) is 5.35. The molecular formula is C19H19NO7. The Hall–Kier alpha value is -3.42. The van der Waals surface area contributed by atoms with Crippen molar-refractivity contribution in [1.29, 1.82) is 0 Å². The van der Waals surface area contributed by atoms with E-state index in [1.165, 1.54) is 26.4 Å². The largest absolute Gasteiger partial charge is 0.493 e. The molecule has 0 aliphatic carbocycles. The fourth-order valence-corrected chi connectivity index (χ4v) is 2.76. The van der Waals surface area contributed by atoms with Gasteiger partial charge in [0.2, 0.25) is 5.91 Å². The van der Waals surface area contributed by atoms with Gasteiger partial charge in [-0.2, -0.15) is 0 Å². The maximum absolute atomic E-state index is 12.5. The predicted octanol–water partition coefficient (Wildman–Crippen LogP) is 2.35. The van der Waals surface area contributed by atoms with Gasteiger partial charge in [-0.1, -0.05) is 6.07 Å². The Morgan fingerprint density at radius 3 is 2.48 bits per heavy atom. The van der Waals surface area contributed by atoms with Gasteiger partial charge in [-0.3, -0.25) is 4.79 Å². The SMILES string of the molecule is COc1cc(C(=O)O)cc(NC(=O)Cc2ccc3c(c2)OCCO3)c1OC. The van der Waals surface area contributed by atoms with Gasteiger partial charge in [0.1, 0.15) is 13.2 Å². The summed E-state index contributed by atoms with van der Waals surface area (Å²) in [5, 5.41) is 11.9. The molecule has 2 N–H and O–H groups in total. The number of carboxylic acid groups (broad SMARTS) is 1. The number of rotatable bonds is 6. The molecule has 2 aromatic rings. The van der Waals surface area contributed by atoms with Crippen molar-refractivity contribution in [3.8, 4) is 23.0 Å². The van der Waals surface area contributed by atoms with Crippen molar-refractivity contribution in [2.75, 3.05) is 32.8 Å². The summed E-state index contributed by atoms with van der Waals surface area (Å²) in [6.07, 6.45) is 0.0689. The molecule has 0 aromatic heterocycles. The second-order valence-corrected chi connectivity index (χ2v) is 5.77. The number of hydrogen-bond acceptors (Lipinski definition) is 6. The van der Waals surface area contributed by atoms with Crippen LogP contribution in [0.5, 0.6) is 23.0 Å². The highest BCUT2D eigenvalue weighted by Gasteiger charge is 2.18. The molecule has 27 heavy (non-hydrogen) atoms. The Morgan fingerprint density at radius 2 is 1.81 bits per heavy atom. The molecule has 0 spiro atoms. The van der Waals surface area contributed by atoms with Gasteiger partial charge in [-0.05, 0) is 29.8 Å². The zero-order chi connectivity index (χ0) is 19.4. The number of ether oxygens (including phenoxy) is 4. The first-order chi connectivity index (χ1) is 13.0. The third kappa shape index (κ3) is 4.05.